The van der Waals surface area contributed by atoms with Crippen LogP contribution in [0.4, 0.5) is 0 Å². The Bertz CT molecular complexity index is 1450. The molecular weight excluding hydrogens is 420 g/mol. The van der Waals surface area contributed by atoms with Gasteiger partial charge in [-0.2, -0.15) is 4.31 Å². The van der Waals surface area contributed by atoms with Gasteiger partial charge in [0.05, 0.1) is 16.1 Å². The van der Waals surface area contributed by atoms with E-state index < -0.39 is 10.0 Å². The predicted molar refractivity (Wildman–Crippen MR) is 125 cm³/mol. The number of fused-ring (bicyclic) bond motifs is 1. The lowest BCUT2D eigenvalue weighted by Gasteiger charge is -2.17. The Hall–Kier alpha value is -3.42. The Morgan fingerprint density at radius 2 is 1.56 bits per heavy atom. The number of benzene rings is 2. The molecule has 0 radical (unpaired) electrons. The van der Waals surface area contributed by atoms with Crippen molar-refractivity contribution in [1.29, 1.82) is 0 Å². The summed E-state index contributed by atoms with van der Waals surface area (Å²) in [7, 11) is -3.60. The van der Waals surface area contributed by atoms with Crippen LogP contribution < -0.4 is 0 Å². The van der Waals surface area contributed by atoms with Crippen molar-refractivity contribution in [2.45, 2.75) is 18.7 Å². The molecule has 5 rings (SSSR count). The number of sulfonamides is 1. The van der Waals surface area contributed by atoms with Crippen LogP contribution in [-0.2, 0) is 10.0 Å². The quantitative estimate of drug-likeness (QED) is 0.466. The highest BCUT2D eigenvalue weighted by atomic mass is 32.2. The number of aryl methyl sites for hydroxylation is 1. The Morgan fingerprint density at radius 1 is 0.844 bits per heavy atom. The van der Waals surface area contributed by atoms with E-state index in [1.165, 1.54) is 4.31 Å². The summed E-state index contributed by atoms with van der Waals surface area (Å²) >= 11 is 0. The maximum atomic E-state index is 13.3. The fourth-order valence-electron chi connectivity index (χ4n) is 3.97. The van der Waals surface area contributed by atoms with E-state index in [2.05, 4.69) is 4.98 Å². The second-order valence-electron chi connectivity index (χ2n) is 7.99. The van der Waals surface area contributed by atoms with Crippen LogP contribution >= 0.6 is 0 Å². The van der Waals surface area contributed by atoms with Crippen LogP contribution in [0.3, 0.4) is 0 Å². The van der Waals surface area contributed by atoms with Crippen molar-refractivity contribution < 1.29 is 8.42 Å². The van der Waals surface area contributed by atoms with Gasteiger partial charge in [0.15, 0.2) is 5.82 Å². The SMILES string of the molecule is CC1=C(c2nc(-c3ccncc3)nc3ccccc23)CN(S(=O)(=O)c2ccc(C)cc2)C1. The summed E-state index contributed by atoms with van der Waals surface area (Å²) in [5.74, 6) is 0.598. The molecule has 1 aliphatic rings. The number of rotatable bonds is 4. The summed E-state index contributed by atoms with van der Waals surface area (Å²) in [4.78, 5) is 14.0. The molecule has 0 spiro atoms. The minimum Gasteiger partial charge on any atom is -0.265 e. The van der Waals surface area contributed by atoms with E-state index in [0.29, 0.717) is 17.3 Å². The Kier molecular flexibility index (Phi) is 5.07. The predicted octanol–water partition coefficient (Wildman–Crippen LogP) is 4.48. The first-order valence-corrected chi connectivity index (χ1v) is 11.8. The largest absolute Gasteiger partial charge is 0.265 e. The van der Waals surface area contributed by atoms with Crippen LogP contribution in [-0.4, -0.2) is 40.8 Å². The molecular formula is C25H22N4O2S. The van der Waals surface area contributed by atoms with Crippen molar-refractivity contribution in [3.05, 3.63) is 89.9 Å². The molecule has 4 aromatic rings. The van der Waals surface area contributed by atoms with E-state index in [1.807, 2.05) is 62.4 Å². The number of para-hydroxylation sites is 1. The van der Waals surface area contributed by atoms with Crippen molar-refractivity contribution in [3.63, 3.8) is 0 Å². The van der Waals surface area contributed by atoms with E-state index >= 15 is 0 Å². The molecule has 7 heteroatoms. The summed E-state index contributed by atoms with van der Waals surface area (Å²) in [5.41, 5.74) is 5.41. The summed E-state index contributed by atoms with van der Waals surface area (Å²) < 4.78 is 28.1. The highest BCUT2D eigenvalue weighted by molar-refractivity contribution is 7.89. The molecule has 0 unspecified atom stereocenters. The monoisotopic (exact) mass is 442 g/mol. The first-order chi connectivity index (χ1) is 15.4. The van der Waals surface area contributed by atoms with Gasteiger partial charge in [-0.05, 0) is 49.8 Å². The minimum atomic E-state index is -3.60. The van der Waals surface area contributed by atoms with Crippen molar-refractivity contribution in [1.82, 2.24) is 19.3 Å². The van der Waals surface area contributed by atoms with Gasteiger partial charge in [-0.1, -0.05) is 41.5 Å². The zero-order valence-corrected chi connectivity index (χ0v) is 18.7. The van der Waals surface area contributed by atoms with Gasteiger partial charge in [-0.15, -0.1) is 0 Å². The molecule has 1 aliphatic heterocycles. The van der Waals surface area contributed by atoms with Gasteiger partial charge in [0, 0.05) is 36.4 Å². The van der Waals surface area contributed by atoms with Gasteiger partial charge >= 0.3 is 0 Å². The summed E-state index contributed by atoms with van der Waals surface area (Å²) in [6.45, 7) is 4.53. The molecule has 0 fully saturated rings. The van der Waals surface area contributed by atoms with Crippen molar-refractivity contribution in [3.8, 4) is 11.4 Å². The van der Waals surface area contributed by atoms with E-state index in [0.717, 1.165) is 38.9 Å². The third kappa shape index (κ3) is 3.59. The summed E-state index contributed by atoms with van der Waals surface area (Å²) in [6, 6.07) is 18.6. The smallest absolute Gasteiger partial charge is 0.243 e. The third-order valence-corrected chi connectivity index (χ3v) is 7.56. The maximum absolute atomic E-state index is 13.3. The Balaban J connectivity index is 1.58. The fourth-order valence-corrected chi connectivity index (χ4v) is 5.41. The normalized spacial score (nSPS) is 14.9. The molecule has 3 heterocycles. The lowest BCUT2D eigenvalue weighted by atomic mass is 10.0. The van der Waals surface area contributed by atoms with Crippen molar-refractivity contribution in [2.24, 2.45) is 0 Å². The number of nitrogens with zero attached hydrogens (tertiary/aromatic N) is 4. The van der Waals surface area contributed by atoms with Crippen LogP contribution in [0.25, 0.3) is 27.9 Å². The zero-order chi connectivity index (χ0) is 22.3. The molecule has 2 aromatic heterocycles. The van der Waals surface area contributed by atoms with Crippen LogP contribution in [0, 0.1) is 6.92 Å². The fraction of sp³-hybridized carbons (Fsp3) is 0.160. The zero-order valence-electron chi connectivity index (χ0n) is 17.9. The van der Waals surface area contributed by atoms with Gasteiger partial charge < -0.3 is 0 Å². The van der Waals surface area contributed by atoms with Gasteiger partial charge in [0.25, 0.3) is 0 Å². The standard InChI is InChI=1S/C25H22N4O2S/c1-17-7-9-20(10-8-17)32(30,31)29-15-18(2)22(16-29)24-21-5-3-4-6-23(21)27-25(28-24)19-11-13-26-14-12-19/h3-14H,15-16H2,1-2H3. The molecule has 2 aromatic carbocycles. The topological polar surface area (TPSA) is 76.1 Å². The Labute approximate surface area is 187 Å². The first-order valence-electron chi connectivity index (χ1n) is 10.4. The van der Waals surface area contributed by atoms with E-state index in [9.17, 15) is 8.42 Å². The molecule has 32 heavy (non-hydrogen) atoms. The van der Waals surface area contributed by atoms with E-state index in [1.54, 1.807) is 24.5 Å². The second kappa shape index (κ2) is 7.93. The molecule has 0 aliphatic carbocycles. The highest BCUT2D eigenvalue weighted by Crippen LogP contribution is 2.34. The molecule has 0 N–H and O–H groups in total. The summed E-state index contributed by atoms with van der Waals surface area (Å²) in [5, 5.41) is 0.911. The molecule has 0 bridgehead atoms. The molecule has 6 nitrogen and oxygen atoms in total. The Morgan fingerprint density at radius 3 is 2.31 bits per heavy atom. The van der Waals surface area contributed by atoms with Gasteiger partial charge in [0.2, 0.25) is 10.0 Å². The average molecular weight is 443 g/mol. The van der Waals surface area contributed by atoms with Crippen molar-refractivity contribution >= 4 is 26.5 Å². The van der Waals surface area contributed by atoms with E-state index in [-0.39, 0.29) is 6.54 Å². The number of hydrogen-bond donors (Lipinski definition) is 0. The van der Waals surface area contributed by atoms with Gasteiger partial charge in [0.1, 0.15) is 0 Å². The second-order valence-corrected chi connectivity index (χ2v) is 9.93. The molecule has 0 saturated heterocycles. The molecule has 0 atom stereocenters. The lowest BCUT2D eigenvalue weighted by molar-refractivity contribution is 0.486. The average Bonchev–Trinajstić information content (AvgIpc) is 3.21. The third-order valence-electron chi connectivity index (χ3n) is 5.75. The van der Waals surface area contributed by atoms with Gasteiger partial charge in [-0.3, -0.25) is 4.98 Å². The van der Waals surface area contributed by atoms with Crippen LogP contribution in [0.2, 0.25) is 0 Å². The number of aromatic nitrogens is 3. The van der Waals surface area contributed by atoms with Crippen molar-refractivity contribution in [2.75, 3.05) is 13.1 Å². The maximum Gasteiger partial charge on any atom is 0.243 e. The lowest BCUT2D eigenvalue weighted by Crippen LogP contribution is -2.29. The summed E-state index contributed by atoms with van der Waals surface area (Å²) in [6.07, 6.45) is 3.42. The molecule has 0 amide bonds. The van der Waals surface area contributed by atoms with Gasteiger partial charge in [-0.25, -0.2) is 18.4 Å². The number of hydrogen-bond acceptors (Lipinski definition) is 5. The van der Waals surface area contributed by atoms with E-state index in [4.69, 9.17) is 9.97 Å². The molecule has 0 saturated carbocycles. The van der Waals surface area contributed by atoms with Crippen LogP contribution in [0.1, 0.15) is 18.2 Å². The highest BCUT2D eigenvalue weighted by Gasteiger charge is 2.32. The first kappa shape index (κ1) is 20.5. The van der Waals surface area contributed by atoms with Crippen LogP contribution in [0.15, 0.2) is 83.5 Å². The number of pyridine rings is 1. The molecule has 160 valence electrons. The minimum absolute atomic E-state index is 0.277. The van der Waals surface area contributed by atoms with Crippen LogP contribution in [0.5, 0.6) is 0 Å².